The van der Waals surface area contributed by atoms with Crippen molar-refractivity contribution >= 4 is 37.8 Å². The van der Waals surface area contributed by atoms with Crippen molar-refractivity contribution in [2.24, 2.45) is 11.5 Å². The molecule has 116 valence electrons. The summed E-state index contributed by atoms with van der Waals surface area (Å²) in [4.78, 5) is 21.8. The van der Waals surface area contributed by atoms with Crippen LogP contribution in [0.1, 0.15) is 12.8 Å². The van der Waals surface area contributed by atoms with Crippen molar-refractivity contribution < 1.29 is 18.0 Å². The molecular weight excluding hydrogens is 362 g/mol. The average Bonchev–Trinajstić information content (AvgIpc) is 2.38. The number of rotatable bonds is 8. The highest BCUT2D eigenvalue weighted by Crippen LogP contribution is 2.19. The molecule has 21 heavy (non-hydrogen) atoms. The van der Waals surface area contributed by atoms with Crippen LogP contribution < -0.4 is 11.5 Å². The molecule has 0 saturated heterocycles. The zero-order valence-corrected chi connectivity index (χ0v) is 13.6. The minimum atomic E-state index is -3.81. The average molecular weight is 378 g/mol. The van der Waals surface area contributed by atoms with Gasteiger partial charge in [0.1, 0.15) is 0 Å². The maximum atomic E-state index is 12.5. The van der Waals surface area contributed by atoms with Gasteiger partial charge in [-0.25, -0.2) is 8.42 Å². The minimum absolute atomic E-state index is 0.0691. The molecule has 0 saturated carbocycles. The summed E-state index contributed by atoms with van der Waals surface area (Å²) in [6, 6.07) is 6.04. The second-order valence-corrected chi connectivity index (χ2v) is 7.14. The van der Waals surface area contributed by atoms with E-state index in [1.807, 2.05) is 0 Å². The first kappa shape index (κ1) is 17.6. The molecule has 0 radical (unpaired) electrons. The molecule has 7 nitrogen and oxygen atoms in total. The van der Waals surface area contributed by atoms with Gasteiger partial charge in [0.2, 0.25) is 21.8 Å². The van der Waals surface area contributed by atoms with E-state index < -0.39 is 21.8 Å². The molecule has 0 heterocycles. The monoisotopic (exact) mass is 377 g/mol. The number of carbonyl (C=O) groups is 2. The summed E-state index contributed by atoms with van der Waals surface area (Å²) in [5, 5.41) is 0. The molecule has 0 aliphatic carbocycles. The van der Waals surface area contributed by atoms with Crippen LogP contribution in [0.3, 0.4) is 0 Å². The number of carbonyl (C=O) groups excluding carboxylic acids is 2. The van der Waals surface area contributed by atoms with Crippen LogP contribution in [0.2, 0.25) is 0 Å². The van der Waals surface area contributed by atoms with Crippen molar-refractivity contribution in [2.75, 3.05) is 13.1 Å². The molecule has 1 aromatic rings. The Bertz CT molecular complexity index is 598. The van der Waals surface area contributed by atoms with Crippen molar-refractivity contribution in [1.29, 1.82) is 0 Å². The Hall–Kier alpha value is -1.45. The highest BCUT2D eigenvalue weighted by atomic mass is 79.9. The fraction of sp³-hybridized carbons (Fsp3) is 0.333. The number of hydrogen-bond donors (Lipinski definition) is 2. The van der Waals surface area contributed by atoms with Gasteiger partial charge in [-0.1, -0.05) is 15.9 Å². The molecular formula is C12H16BrN3O4S. The predicted octanol–water partition coefficient (Wildman–Crippen LogP) is 0.191. The zero-order chi connectivity index (χ0) is 16.0. The summed E-state index contributed by atoms with van der Waals surface area (Å²) < 4.78 is 26.7. The van der Waals surface area contributed by atoms with Crippen molar-refractivity contribution in [3.05, 3.63) is 28.7 Å². The maximum absolute atomic E-state index is 12.5. The number of benzene rings is 1. The van der Waals surface area contributed by atoms with Crippen LogP contribution in [0.4, 0.5) is 0 Å². The number of sulfonamides is 1. The zero-order valence-electron chi connectivity index (χ0n) is 11.2. The van der Waals surface area contributed by atoms with Crippen LogP contribution in [0, 0.1) is 0 Å². The lowest BCUT2D eigenvalue weighted by atomic mass is 10.3. The molecule has 0 spiro atoms. The second-order valence-electron chi connectivity index (χ2n) is 4.29. The minimum Gasteiger partial charge on any atom is -0.370 e. The molecule has 0 aliphatic rings. The van der Waals surface area contributed by atoms with Crippen LogP contribution in [-0.4, -0.2) is 37.6 Å². The number of nitrogens with two attached hydrogens (primary N) is 2. The first-order valence-corrected chi connectivity index (χ1v) is 8.29. The number of halogens is 1. The van der Waals surface area contributed by atoms with Crippen molar-refractivity contribution in [3.8, 4) is 0 Å². The predicted molar refractivity (Wildman–Crippen MR) is 80.5 cm³/mol. The first-order chi connectivity index (χ1) is 9.73. The summed E-state index contributed by atoms with van der Waals surface area (Å²) in [6.07, 6.45) is -0.261. The van der Waals surface area contributed by atoms with Gasteiger partial charge in [0, 0.05) is 30.4 Å². The number of primary amides is 2. The van der Waals surface area contributed by atoms with Crippen molar-refractivity contribution in [3.63, 3.8) is 0 Å². The van der Waals surface area contributed by atoms with Crippen LogP contribution in [0.25, 0.3) is 0 Å². The third-order valence-corrected chi connectivity index (χ3v) is 5.11. The van der Waals surface area contributed by atoms with Gasteiger partial charge in [-0.05, 0) is 24.3 Å². The SMILES string of the molecule is NC(=O)CCN(CCC(N)=O)S(=O)(=O)c1ccc(Br)cc1. The molecule has 2 amide bonds. The molecule has 0 aliphatic heterocycles. The standard InChI is InChI=1S/C12H16BrN3O4S/c13-9-1-3-10(4-2-9)21(19,20)16(7-5-11(14)17)8-6-12(15)18/h1-4H,5-8H2,(H2,14,17)(H2,15,18). The Balaban J connectivity index is 3.00. The second kappa shape index (κ2) is 7.53. The van der Waals surface area contributed by atoms with Gasteiger partial charge in [0.25, 0.3) is 0 Å². The summed E-state index contributed by atoms with van der Waals surface area (Å²) in [5.41, 5.74) is 10.1. The highest BCUT2D eigenvalue weighted by Gasteiger charge is 2.24. The Morgan fingerprint density at radius 2 is 1.43 bits per heavy atom. The van der Waals surface area contributed by atoms with Crippen LogP contribution in [0.5, 0.6) is 0 Å². The van der Waals surface area contributed by atoms with Gasteiger partial charge in [-0.15, -0.1) is 0 Å². The summed E-state index contributed by atoms with van der Waals surface area (Å²) in [5.74, 6) is -1.24. The molecule has 1 rings (SSSR count). The molecule has 1 aromatic carbocycles. The number of amides is 2. The summed E-state index contributed by atoms with van der Waals surface area (Å²) >= 11 is 3.22. The third-order valence-electron chi connectivity index (χ3n) is 2.67. The molecule has 9 heteroatoms. The molecule has 0 fully saturated rings. The van der Waals surface area contributed by atoms with E-state index in [1.54, 1.807) is 12.1 Å². The van der Waals surface area contributed by atoms with E-state index >= 15 is 0 Å². The largest absolute Gasteiger partial charge is 0.370 e. The third kappa shape index (κ3) is 5.44. The van der Waals surface area contributed by atoms with E-state index in [9.17, 15) is 18.0 Å². The molecule has 4 N–H and O–H groups in total. The Morgan fingerprint density at radius 1 is 1.00 bits per heavy atom. The lowest BCUT2D eigenvalue weighted by molar-refractivity contribution is -0.118. The molecule has 0 aromatic heterocycles. The van der Waals surface area contributed by atoms with E-state index in [0.717, 1.165) is 8.78 Å². The maximum Gasteiger partial charge on any atom is 0.243 e. The highest BCUT2D eigenvalue weighted by molar-refractivity contribution is 9.10. The van der Waals surface area contributed by atoms with Gasteiger partial charge >= 0.3 is 0 Å². The van der Waals surface area contributed by atoms with Gasteiger partial charge in [0.15, 0.2) is 0 Å². The fourth-order valence-electron chi connectivity index (χ4n) is 1.58. The smallest absolute Gasteiger partial charge is 0.243 e. The van der Waals surface area contributed by atoms with Crippen LogP contribution in [0.15, 0.2) is 33.6 Å². The topological polar surface area (TPSA) is 124 Å². The normalized spacial score (nSPS) is 11.5. The van der Waals surface area contributed by atoms with E-state index in [4.69, 9.17) is 11.5 Å². The Kier molecular flexibility index (Phi) is 6.31. The van der Waals surface area contributed by atoms with Gasteiger partial charge in [0.05, 0.1) is 4.90 Å². The van der Waals surface area contributed by atoms with Crippen molar-refractivity contribution in [2.45, 2.75) is 17.7 Å². The molecule has 0 atom stereocenters. The van der Waals surface area contributed by atoms with Gasteiger partial charge in [-0.3, -0.25) is 9.59 Å². The Labute approximate surface area is 131 Å². The Morgan fingerprint density at radius 3 is 1.81 bits per heavy atom. The molecule has 0 unspecified atom stereocenters. The lowest BCUT2D eigenvalue weighted by Gasteiger charge is -2.21. The van der Waals surface area contributed by atoms with Crippen molar-refractivity contribution in [1.82, 2.24) is 4.31 Å². The van der Waals surface area contributed by atoms with E-state index in [-0.39, 0.29) is 30.8 Å². The fourth-order valence-corrected chi connectivity index (χ4v) is 3.28. The summed E-state index contributed by atoms with van der Waals surface area (Å²) in [6.45, 7) is -0.192. The number of nitrogens with zero attached hydrogens (tertiary/aromatic N) is 1. The quantitative estimate of drug-likeness (QED) is 0.670. The van der Waals surface area contributed by atoms with Crippen LogP contribution in [-0.2, 0) is 19.6 Å². The van der Waals surface area contributed by atoms with Gasteiger partial charge in [-0.2, -0.15) is 4.31 Å². The van der Waals surface area contributed by atoms with E-state index in [0.29, 0.717) is 0 Å². The lowest BCUT2D eigenvalue weighted by Crippen LogP contribution is -2.36. The first-order valence-electron chi connectivity index (χ1n) is 6.06. The molecule has 0 bridgehead atoms. The summed E-state index contributed by atoms with van der Waals surface area (Å²) in [7, 11) is -3.81. The van der Waals surface area contributed by atoms with Crippen LogP contribution >= 0.6 is 15.9 Å². The van der Waals surface area contributed by atoms with Gasteiger partial charge < -0.3 is 11.5 Å². The number of hydrogen-bond acceptors (Lipinski definition) is 4. The van der Waals surface area contributed by atoms with E-state index in [2.05, 4.69) is 15.9 Å². The van der Waals surface area contributed by atoms with E-state index in [1.165, 1.54) is 12.1 Å².